The summed E-state index contributed by atoms with van der Waals surface area (Å²) in [6.07, 6.45) is 3.11. The molecule has 0 bridgehead atoms. The van der Waals surface area contributed by atoms with Gasteiger partial charge in [0.2, 0.25) is 0 Å². The number of hydrogen-bond donors (Lipinski definition) is 1. The molecule has 0 radical (unpaired) electrons. The fourth-order valence-electron chi connectivity index (χ4n) is 5.67. The number of amides is 2. The molecule has 1 aromatic carbocycles. The quantitative estimate of drug-likeness (QED) is 0.242. The van der Waals surface area contributed by atoms with Gasteiger partial charge in [0.1, 0.15) is 5.82 Å². The molecule has 0 atom stereocenters. The minimum atomic E-state index is -4.22. The molecular weight excluding hydrogens is 622 g/mol. The van der Waals surface area contributed by atoms with Crippen LogP contribution in [-0.4, -0.2) is 55.9 Å². The van der Waals surface area contributed by atoms with Gasteiger partial charge in [-0.3, -0.25) is 14.5 Å². The molecule has 2 fully saturated rings. The zero-order chi connectivity index (χ0) is 31.7. The summed E-state index contributed by atoms with van der Waals surface area (Å²) in [7, 11) is 0. The van der Waals surface area contributed by atoms with Crippen LogP contribution < -0.4 is 15.4 Å². The van der Waals surface area contributed by atoms with Crippen molar-refractivity contribution in [3.05, 3.63) is 58.9 Å². The number of primary amides is 1. The Morgan fingerprint density at radius 3 is 2.56 bits per heavy atom. The van der Waals surface area contributed by atoms with Gasteiger partial charge >= 0.3 is 18.6 Å². The Labute approximate surface area is 257 Å². The number of rotatable bonds is 10. The highest BCUT2D eigenvalue weighted by molar-refractivity contribution is 6.30. The first-order valence-electron chi connectivity index (χ1n) is 14.1. The average Bonchev–Trinajstić information content (AvgIpc) is 3.92. The molecule has 7 rings (SSSR count). The van der Waals surface area contributed by atoms with Gasteiger partial charge in [-0.05, 0) is 55.7 Å². The Morgan fingerprint density at radius 2 is 1.91 bits per heavy atom. The highest BCUT2D eigenvalue weighted by Gasteiger charge is 2.51. The lowest BCUT2D eigenvalue weighted by atomic mass is 9.93. The van der Waals surface area contributed by atoms with Gasteiger partial charge in [-0.1, -0.05) is 17.7 Å². The normalized spacial score (nSPS) is 18.3. The predicted molar refractivity (Wildman–Crippen MR) is 151 cm³/mol. The summed E-state index contributed by atoms with van der Waals surface area (Å²) in [6.45, 7) is -3.66. The third-order valence-corrected chi connectivity index (χ3v) is 8.41. The van der Waals surface area contributed by atoms with Gasteiger partial charge in [0.25, 0.3) is 5.91 Å². The van der Waals surface area contributed by atoms with Crippen molar-refractivity contribution < 1.29 is 36.6 Å². The van der Waals surface area contributed by atoms with Crippen LogP contribution >= 0.6 is 11.6 Å². The second-order valence-corrected chi connectivity index (χ2v) is 11.9. The van der Waals surface area contributed by atoms with E-state index in [2.05, 4.69) is 19.8 Å². The molecule has 2 amide bonds. The van der Waals surface area contributed by atoms with E-state index in [9.17, 15) is 27.2 Å². The highest BCUT2D eigenvalue weighted by Crippen LogP contribution is 2.48. The molecule has 2 aliphatic carbocycles. The van der Waals surface area contributed by atoms with Crippen LogP contribution in [0.1, 0.15) is 47.6 Å². The molecule has 45 heavy (non-hydrogen) atoms. The van der Waals surface area contributed by atoms with Crippen LogP contribution in [0.2, 0.25) is 5.02 Å². The number of halogens is 5. The van der Waals surface area contributed by atoms with E-state index in [0.29, 0.717) is 36.0 Å². The van der Waals surface area contributed by atoms with Crippen LogP contribution in [0.3, 0.4) is 0 Å². The molecule has 3 aliphatic rings. The number of hydrogen-bond acceptors (Lipinski definition) is 8. The summed E-state index contributed by atoms with van der Waals surface area (Å²) in [5.41, 5.74) is 6.43. The summed E-state index contributed by atoms with van der Waals surface area (Å²) in [6, 6.07) is 4.24. The van der Waals surface area contributed by atoms with E-state index in [0.717, 1.165) is 17.7 Å². The Kier molecular flexibility index (Phi) is 6.92. The molecule has 0 unspecified atom stereocenters. The maximum Gasteiger partial charge on any atom is 0.482 e. The van der Waals surface area contributed by atoms with Crippen molar-refractivity contribution in [2.24, 2.45) is 11.7 Å². The number of ether oxygens (including phenoxy) is 2. The van der Waals surface area contributed by atoms with Crippen molar-refractivity contribution in [2.45, 2.75) is 56.9 Å². The smallest absolute Gasteiger partial charge is 0.423 e. The molecule has 2 saturated carbocycles. The zero-order valence-corrected chi connectivity index (χ0v) is 24.1. The van der Waals surface area contributed by atoms with Gasteiger partial charge < -0.3 is 15.2 Å². The molecule has 4 aromatic rings. The van der Waals surface area contributed by atoms with Crippen molar-refractivity contribution >= 4 is 40.1 Å². The minimum Gasteiger partial charge on any atom is -0.423 e. The largest absolute Gasteiger partial charge is 0.482 e. The summed E-state index contributed by atoms with van der Waals surface area (Å²) >= 11 is 5.84. The lowest BCUT2D eigenvalue weighted by molar-refractivity contribution is -0.193. The number of aromatic nitrogens is 5. The number of carbonyl (C=O) groups excluding carboxylic acids is 2. The highest BCUT2D eigenvalue weighted by atomic mass is 35.5. The van der Waals surface area contributed by atoms with Crippen LogP contribution in [0.5, 0.6) is 5.75 Å². The number of nitrogens with zero attached hydrogens (tertiary/aromatic N) is 6. The van der Waals surface area contributed by atoms with Crippen LogP contribution in [-0.2, 0) is 28.0 Å². The Balaban J connectivity index is 1.38. The number of fused-ring (bicyclic) bond motifs is 2. The van der Waals surface area contributed by atoms with Gasteiger partial charge in [-0.15, -0.1) is 0 Å². The van der Waals surface area contributed by atoms with Crippen LogP contribution in [0.15, 0.2) is 36.8 Å². The van der Waals surface area contributed by atoms with Gasteiger partial charge in [0, 0.05) is 23.3 Å². The lowest BCUT2D eigenvalue weighted by Crippen LogP contribution is -2.50. The molecular formula is C29H24ClF4N7O4. The van der Waals surface area contributed by atoms with Crippen LogP contribution in [0.4, 0.5) is 23.2 Å². The minimum absolute atomic E-state index is 0.0223. The van der Waals surface area contributed by atoms with Crippen molar-refractivity contribution in [2.75, 3.05) is 11.5 Å². The average molecular weight is 646 g/mol. The van der Waals surface area contributed by atoms with Crippen molar-refractivity contribution in [1.82, 2.24) is 24.7 Å². The van der Waals surface area contributed by atoms with Crippen molar-refractivity contribution in [3.8, 4) is 16.9 Å². The number of nitrogens with two attached hydrogens (primary N) is 1. The van der Waals surface area contributed by atoms with Gasteiger partial charge in [-0.25, -0.2) is 19.6 Å². The van der Waals surface area contributed by atoms with Crippen LogP contribution in [0.25, 0.3) is 22.2 Å². The van der Waals surface area contributed by atoms with Crippen molar-refractivity contribution in [3.63, 3.8) is 0 Å². The van der Waals surface area contributed by atoms with Gasteiger partial charge in [-0.2, -0.15) is 22.7 Å². The van der Waals surface area contributed by atoms with E-state index < -0.39 is 36.6 Å². The number of benzene rings is 1. The van der Waals surface area contributed by atoms with E-state index in [-0.39, 0.29) is 51.5 Å². The van der Waals surface area contributed by atoms with E-state index >= 15 is 0 Å². The molecule has 2 N–H and O–H groups in total. The molecule has 11 nitrogen and oxygen atoms in total. The molecule has 16 heteroatoms. The zero-order valence-electron chi connectivity index (χ0n) is 23.4. The SMILES string of the molecule is NC(=O)c1c(CC2CC2)nc2c(cnn2C2(COC(F)F)CC2)c1-c1ccc2c(c1)OC(F)(F)C(=O)N2Cc1ncc(Cl)cn1. The first-order chi connectivity index (χ1) is 21.5. The summed E-state index contributed by atoms with van der Waals surface area (Å²) in [5.74, 6) is -2.40. The molecule has 0 saturated heterocycles. The van der Waals surface area contributed by atoms with Gasteiger partial charge in [0.15, 0.2) is 11.4 Å². The first kappa shape index (κ1) is 29.3. The van der Waals surface area contributed by atoms with E-state index in [4.69, 9.17) is 27.1 Å². The summed E-state index contributed by atoms with van der Waals surface area (Å²) in [4.78, 5) is 39.3. The Morgan fingerprint density at radius 1 is 1.18 bits per heavy atom. The van der Waals surface area contributed by atoms with Gasteiger partial charge in [0.05, 0.1) is 46.9 Å². The molecule has 1 aliphatic heterocycles. The monoisotopic (exact) mass is 645 g/mol. The topological polar surface area (TPSA) is 138 Å². The van der Waals surface area contributed by atoms with E-state index in [1.807, 2.05) is 0 Å². The van der Waals surface area contributed by atoms with Crippen LogP contribution in [0, 0.1) is 5.92 Å². The fourth-order valence-corrected chi connectivity index (χ4v) is 5.76. The number of alkyl halides is 4. The number of anilines is 1. The maximum absolute atomic E-state index is 14.9. The second-order valence-electron chi connectivity index (χ2n) is 11.4. The molecule has 3 aromatic heterocycles. The molecule has 4 heterocycles. The Hall–Kier alpha value is -4.37. The lowest BCUT2D eigenvalue weighted by Gasteiger charge is -2.33. The maximum atomic E-state index is 14.9. The van der Waals surface area contributed by atoms with E-state index in [1.54, 1.807) is 6.07 Å². The summed E-state index contributed by atoms with van der Waals surface area (Å²) < 4.78 is 66.8. The van der Waals surface area contributed by atoms with E-state index in [1.165, 1.54) is 35.4 Å². The number of carbonyl (C=O) groups is 2. The first-order valence-corrected chi connectivity index (χ1v) is 14.4. The third kappa shape index (κ3) is 5.33. The molecule has 234 valence electrons. The predicted octanol–water partition coefficient (Wildman–Crippen LogP) is 4.84. The number of pyridine rings is 1. The fraction of sp³-hybridized carbons (Fsp3) is 0.379. The van der Waals surface area contributed by atoms with Crippen molar-refractivity contribution in [1.29, 1.82) is 0 Å². The molecule has 0 spiro atoms. The third-order valence-electron chi connectivity index (χ3n) is 8.22. The Bertz CT molecular complexity index is 1840. The second kappa shape index (κ2) is 10.6. The summed E-state index contributed by atoms with van der Waals surface area (Å²) in [5, 5.41) is 5.05. The standard InChI is InChI=1S/C29H24ClF4N7O4/c30-16-9-36-21(37-10-16)12-40-19-4-3-15(8-20(19)45-29(33,34)26(40)43)22-17-11-38-41(28(5-6-28)13-44-27(31)32)25(17)39-18(7-14-1-2-14)23(22)24(35)42/h3-4,8-11,14,27H,1-2,5-7,12-13H2,(H2,35,42).